The molecule has 0 saturated heterocycles. The Hall–Kier alpha value is -3.20. The number of nitrogens with one attached hydrogen (secondary N) is 1. The summed E-state index contributed by atoms with van der Waals surface area (Å²) in [7, 11) is 0. The Labute approximate surface area is 155 Å². The van der Waals surface area contributed by atoms with Crippen LogP contribution in [0.4, 0.5) is 21.6 Å². The second-order valence-corrected chi connectivity index (χ2v) is 6.22. The van der Waals surface area contributed by atoms with E-state index in [0.717, 1.165) is 0 Å². The van der Waals surface area contributed by atoms with Gasteiger partial charge in [-0.1, -0.05) is 0 Å². The molecular formula is C17H10BrFN4O3. The van der Waals surface area contributed by atoms with Crippen molar-refractivity contribution in [3.05, 3.63) is 52.5 Å². The van der Waals surface area contributed by atoms with E-state index in [1.807, 2.05) is 0 Å². The van der Waals surface area contributed by atoms with Gasteiger partial charge >= 0.3 is 0 Å². The van der Waals surface area contributed by atoms with Gasteiger partial charge in [-0.25, -0.2) is 14.4 Å². The van der Waals surface area contributed by atoms with Gasteiger partial charge in [-0.05, 0) is 40.2 Å². The molecule has 0 spiro atoms. The average Bonchev–Trinajstić information content (AvgIpc) is 2.78. The molecule has 3 N–H and O–H groups in total. The summed E-state index contributed by atoms with van der Waals surface area (Å²) in [6, 6.07) is 7.04. The summed E-state index contributed by atoms with van der Waals surface area (Å²) in [5.74, 6) is -0.172. The van der Waals surface area contributed by atoms with Gasteiger partial charge in [0, 0.05) is 23.5 Å². The number of rotatable bonds is 2. The summed E-state index contributed by atoms with van der Waals surface area (Å²) in [6.07, 6.45) is 2.76. The van der Waals surface area contributed by atoms with Gasteiger partial charge in [-0.2, -0.15) is 4.98 Å². The first-order valence-corrected chi connectivity index (χ1v) is 8.15. The minimum Gasteiger partial charge on any atom is -0.504 e. The van der Waals surface area contributed by atoms with Crippen LogP contribution in [0.3, 0.4) is 0 Å². The third-order valence-corrected chi connectivity index (χ3v) is 4.23. The molecule has 1 aliphatic heterocycles. The van der Waals surface area contributed by atoms with Crippen LogP contribution in [0, 0.1) is 5.82 Å². The van der Waals surface area contributed by atoms with Crippen LogP contribution in [0.2, 0.25) is 0 Å². The highest BCUT2D eigenvalue weighted by atomic mass is 79.9. The van der Waals surface area contributed by atoms with Gasteiger partial charge < -0.3 is 20.3 Å². The summed E-state index contributed by atoms with van der Waals surface area (Å²) in [6.45, 7) is 0. The Morgan fingerprint density at radius 3 is 2.69 bits per heavy atom. The van der Waals surface area contributed by atoms with Crippen LogP contribution in [-0.2, 0) is 0 Å². The maximum atomic E-state index is 13.4. The van der Waals surface area contributed by atoms with Gasteiger partial charge in [0.15, 0.2) is 23.0 Å². The van der Waals surface area contributed by atoms with Crippen LogP contribution in [0.5, 0.6) is 23.1 Å². The van der Waals surface area contributed by atoms with Crippen molar-refractivity contribution >= 4 is 39.3 Å². The molecule has 3 aromatic rings. The maximum absolute atomic E-state index is 13.4. The molecule has 7 nitrogen and oxygen atoms in total. The number of aliphatic imine (C=N–C) groups is 1. The monoisotopic (exact) mass is 416 g/mol. The van der Waals surface area contributed by atoms with Crippen molar-refractivity contribution in [2.45, 2.75) is 0 Å². The molecular weight excluding hydrogens is 407 g/mol. The van der Waals surface area contributed by atoms with E-state index in [0.29, 0.717) is 27.2 Å². The lowest BCUT2D eigenvalue weighted by Crippen LogP contribution is -1.97. The van der Waals surface area contributed by atoms with E-state index in [-0.39, 0.29) is 28.9 Å². The molecule has 4 rings (SSSR count). The largest absolute Gasteiger partial charge is 0.504 e. The van der Waals surface area contributed by atoms with Crippen LogP contribution < -0.4 is 10.1 Å². The van der Waals surface area contributed by atoms with Gasteiger partial charge in [-0.3, -0.25) is 0 Å². The second kappa shape index (κ2) is 6.26. The van der Waals surface area contributed by atoms with Gasteiger partial charge in [0.25, 0.3) is 5.88 Å². The first-order valence-electron chi connectivity index (χ1n) is 7.36. The fourth-order valence-corrected chi connectivity index (χ4v) is 2.74. The van der Waals surface area contributed by atoms with Crippen molar-refractivity contribution < 1.29 is 19.3 Å². The van der Waals surface area contributed by atoms with Crippen LogP contribution in [0.1, 0.15) is 5.56 Å². The molecule has 1 aliphatic rings. The van der Waals surface area contributed by atoms with E-state index in [2.05, 4.69) is 36.2 Å². The molecule has 2 heterocycles. The molecule has 1 aromatic heterocycles. The van der Waals surface area contributed by atoms with Crippen molar-refractivity contribution in [2.24, 2.45) is 4.99 Å². The summed E-state index contributed by atoms with van der Waals surface area (Å²) >= 11 is 3.13. The van der Waals surface area contributed by atoms with E-state index in [1.165, 1.54) is 30.7 Å². The number of aromatic nitrogens is 2. The predicted octanol–water partition coefficient (Wildman–Crippen LogP) is 4.39. The minimum absolute atomic E-state index is 0.170. The average molecular weight is 417 g/mol. The lowest BCUT2D eigenvalue weighted by atomic mass is 10.2. The number of phenols is 2. The molecule has 0 fully saturated rings. The maximum Gasteiger partial charge on any atom is 0.250 e. The first kappa shape index (κ1) is 16.3. The number of benzene rings is 2. The quantitative estimate of drug-likeness (QED) is 0.419. The normalized spacial score (nSPS) is 11.9. The lowest BCUT2D eigenvalue weighted by Gasteiger charge is -2.11. The zero-order valence-electron chi connectivity index (χ0n) is 12.9. The summed E-state index contributed by atoms with van der Waals surface area (Å²) in [4.78, 5) is 12.5. The summed E-state index contributed by atoms with van der Waals surface area (Å²) in [5.41, 5.74) is 1.38. The molecule has 130 valence electrons. The standard InChI is InChI=1S/C17H10BrFN4O3/c18-10-4-9(1-2-11(10)19)23-16-15-17(22-7-21-16)26-14-5-13(25)12(24)3-8(14)6-20-15/h1-7,24-25H,(H,21,22,23). The smallest absolute Gasteiger partial charge is 0.250 e. The van der Waals surface area contributed by atoms with E-state index < -0.39 is 0 Å². The van der Waals surface area contributed by atoms with Crippen LogP contribution in [-0.4, -0.2) is 26.4 Å². The SMILES string of the molecule is Oc1cc2c(cc1O)Oc1ncnc(Nc3ccc(F)c(Br)c3)c1N=C2. The molecule has 0 atom stereocenters. The summed E-state index contributed by atoms with van der Waals surface area (Å²) in [5, 5.41) is 22.3. The number of hydrogen-bond donors (Lipinski definition) is 3. The molecule has 0 amide bonds. The fraction of sp³-hybridized carbons (Fsp3) is 0. The number of fused-ring (bicyclic) bond motifs is 2. The van der Waals surface area contributed by atoms with Crippen LogP contribution >= 0.6 is 15.9 Å². The number of hydrogen-bond acceptors (Lipinski definition) is 7. The van der Waals surface area contributed by atoms with Gasteiger partial charge in [0.2, 0.25) is 0 Å². The van der Waals surface area contributed by atoms with Crippen molar-refractivity contribution in [3.8, 4) is 23.1 Å². The molecule has 2 aromatic carbocycles. The molecule has 0 unspecified atom stereocenters. The van der Waals surface area contributed by atoms with Crippen molar-refractivity contribution in [1.29, 1.82) is 0 Å². The van der Waals surface area contributed by atoms with Crippen LogP contribution in [0.15, 0.2) is 46.1 Å². The fourth-order valence-electron chi connectivity index (χ4n) is 2.36. The highest BCUT2D eigenvalue weighted by Crippen LogP contribution is 2.42. The predicted molar refractivity (Wildman–Crippen MR) is 96.5 cm³/mol. The Morgan fingerprint density at radius 1 is 1.08 bits per heavy atom. The van der Waals surface area contributed by atoms with Crippen molar-refractivity contribution in [1.82, 2.24) is 9.97 Å². The number of halogens is 2. The topological polar surface area (TPSA) is 99.9 Å². The number of nitrogens with zero attached hydrogens (tertiary/aromatic N) is 3. The molecule has 26 heavy (non-hydrogen) atoms. The molecule has 0 saturated carbocycles. The minimum atomic E-state index is -0.381. The summed E-state index contributed by atoms with van der Waals surface area (Å²) < 4.78 is 19.4. The van der Waals surface area contributed by atoms with E-state index in [1.54, 1.807) is 12.1 Å². The Morgan fingerprint density at radius 2 is 1.88 bits per heavy atom. The lowest BCUT2D eigenvalue weighted by molar-refractivity contribution is 0.396. The number of phenolic OH excluding ortho intramolecular Hbond substituents is 2. The number of ether oxygens (including phenoxy) is 1. The zero-order chi connectivity index (χ0) is 18.3. The van der Waals surface area contributed by atoms with Crippen LogP contribution in [0.25, 0.3) is 0 Å². The molecule has 0 bridgehead atoms. The number of aromatic hydroxyl groups is 2. The Bertz CT molecular complexity index is 1060. The Balaban J connectivity index is 1.75. The van der Waals surface area contributed by atoms with E-state index >= 15 is 0 Å². The van der Waals surface area contributed by atoms with Crippen molar-refractivity contribution in [3.63, 3.8) is 0 Å². The van der Waals surface area contributed by atoms with Crippen molar-refractivity contribution in [2.75, 3.05) is 5.32 Å². The third kappa shape index (κ3) is 2.93. The first-order chi connectivity index (χ1) is 12.5. The molecule has 9 heteroatoms. The number of anilines is 2. The van der Waals surface area contributed by atoms with Gasteiger partial charge in [0.05, 0.1) is 4.47 Å². The molecule has 0 radical (unpaired) electrons. The zero-order valence-corrected chi connectivity index (χ0v) is 14.5. The molecule has 0 aliphatic carbocycles. The van der Waals surface area contributed by atoms with Gasteiger partial charge in [-0.15, -0.1) is 0 Å². The van der Waals surface area contributed by atoms with E-state index in [4.69, 9.17) is 4.74 Å². The second-order valence-electron chi connectivity index (χ2n) is 5.37. The highest BCUT2D eigenvalue weighted by molar-refractivity contribution is 9.10. The van der Waals surface area contributed by atoms with Gasteiger partial charge in [0.1, 0.15) is 17.9 Å². The van der Waals surface area contributed by atoms with E-state index in [9.17, 15) is 14.6 Å². The Kier molecular flexibility index (Phi) is 3.92. The third-order valence-electron chi connectivity index (χ3n) is 3.62. The highest BCUT2D eigenvalue weighted by Gasteiger charge is 2.19.